The van der Waals surface area contributed by atoms with Crippen molar-refractivity contribution in [3.8, 4) is 5.75 Å². The Balaban J connectivity index is 1.52. The number of hydrogen-bond acceptors (Lipinski definition) is 6. The van der Waals surface area contributed by atoms with E-state index in [0.717, 1.165) is 29.8 Å². The molecule has 1 saturated heterocycles. The van der Waals surface area contributed by atoms with Crippen molar-refractivity contribution in [1.29, 1.82) is 0 Å². The largest absolute Gasteiger partial charge is 0.573 e. The van der Waals surface area contributed by atoms with Gasteiger partial charge in [0.25, 0.3) is 0 Å². The van der Waals surface area contributed by atoms with Crippen LogP contribution >= 0.6 is 0 Å². The van der Waals surface area contributed by atoms with Crippen molar-refractivity contribution >= 4 is 15.9 Å². The Morgan fingerprint density at radius 1 is 1.16 bits per heavy atom. The Bertz CT molecular complexity index is 1030. The van der Waals surface area contributed by atoms with Crippen LogP contribution < -0.4 is 4.74 Å². The Labute approximate surface area is 184 Å². The summed E-state index contributed by atoms with van der Waals surface area (Å²) in [6.45, 7) is 1.65. The van der Waals surface area contributed by atoms with E-state index < -0.39 is 22.1 Å². The van der Waals surface area contributed by atoms with Crippen molar-refractivity contribution in [3.05, 3.63) is 42.2 Å². The van der Waals surface area contributed by atoms with Gasteiger partial charge in [0.05, 0.1) is 17.6 Å². The van der Waals surface area contributed by atoms with Crippen LogP contribution in [0.4, 0.5) is 13.2 Å². The average Bonchev–Trinajstić information content (AvgIpc) is 3.12. The number of hydrogen-bond donors (Lipinski definition) is 0. The number of aromatic nitrogens is 2. The molecule has 32 heavy (non-hydrogen) atoms. The summed E-state index contributed by atoms with van der Waals surface area (Å²) in [7, 11) is -0.372. The number of nitrogens with zero attached hydrogens (tertiary/aromatic N) is 5. The first kappa shape index (κ1) is 24.0. The SMILES string of the molecule is CN(Cc1cnn(C)c1)C(=O)CN1CCN(S(=O)(=O)c2ccc(OC(F)(F)F)cc2)CC1. The summed E-state index contributed by atoms with van der Waals surface area (Å²) in [5.41, 5.74) is 0.908. The highest BCUT2D eigenvalue weighted by Gasteiger charge is 2.32. The summed E-state index contributed by atoms with van der Waals surface area (Å²) in [6.07, 6.45) is -1.33. The summed E-state index contributed by atoms with van der Waals surface area (Å²) in [6, 6.07) is 4.10. The van der Waals surface area contributed by atoms with Crippen LogP contribution in [-0.4, -0.2) is 84.3 Å². The molecular formula is C19H24F3N5O4S. The van der Waals surface area contributed by atoms with Crippen LogP contribution in [0.1, 0.15) is 5.56 Å². The van der Waals surface area contributed by atoms with E-state index in [9.17, 15) is 26.4 Å². The third-order valence-corrected chi connectivity index (χ3v) is 6.90. The molecular weight excluding hydrogens is 451 g/mol. The summed E-state index contributed by atoms with van der Waals surface area (Å²) < 4.78 is 69.1. The van der Waals surface area contributed by atoms with Crippen molar-refractivity contribution in [2.75, 3.05) is 39.8 Å². The van der Waals surface area contributed by atoms with Crippen LogP contribution in [0.2, 0.25) is 0 Å². The summed E-state index contributed by atoms with van der Waals surface area (Å²) in [4.78, 5) is 15.8. The van der Waals surface area contributed by atoms with E-state index in [4.69, 9.17) is 0 Å². The van der Waals surface area contributed by atoms with Crippen molar-refractivity contribution in [2.45, 2.75) is 17.8 Å². The monoisotopic (exact) mass is 475 g/mol. The van der Waals surface area contributed by atoms with Crippen LogP contribution in [0.15, 0.2) is 41.6 Å². The lowest BCUT2D eigenvalue weighted by molar-refractivity contribution is -0.274. The predicted octanol–water partition coefficient (Wildman–Crippen LogP) is 1.28. The molecule has 1 aliphatic rings. The van der Waals surface area contributed by atoms with Gasteiger partial charge < -0.3 is 9.64 Å². The molecule has 176 valence electrons. The fourth-order valence-corrected chi connectivity index (χ4v) is 4.74. The molecule has 0 spiro atoms. The number of piperazine rings is 1. The number of rotatable bonds is 7. The zero-order chi connectivity index (χ0) is 23.5. The normalized spacial score (nSPS) is 16.2. The number of carbonyl (C=O) groups excluding carboxylic acids is 1. The van der Waals surface area contributed by atoms with Gasteiger partial charge in [0.15, 0.2) is 0 Å². The standard InChI is InChI=1S/C19H24F3N5O4S/c1-24(12-15-11-23-25(2)13-15)18(28)14-26-7-9-27(10-8-26)32(29,30)17-5-3-16(4-6-17)31-19(20,21)22/h3-6,11,13H,7-10,12,14H2,1-2H3. The molecule has 0 saturated carbocycles. The zero-order valence-corrected chi connectivity index (χ0v) is 18.4. The Hall–Kier alpha value is -2.64. The summed E-state index contributed by atoms with van der Waals surface area (Å²) in [5.74, 6) is -0.583. The molecule has 1 amide bonds. The quantitative estimate of drug-likeness (QED) is 0.600. The van der Waals surface area contributed by atoms with Crippen LogP contribution in [0.3, 0.4) is 0 Å². The van der Waals surface area contributed by atoms with Gasteiger partial charge in [-0.2, -0.15) is 9.40 Å². The van der Waals surface area contributed by atoms with Gasteiger partial charge in [0.2, 0.25) is 15.9 Å². The smallest absolute Gasteiger partial charge is 0.406 e. The number of aryl methyl sites for hydroxylation is 1. The van der Waals surface area contributed by atoms with E-state index in [1.54, 1.807) is 29.9 Å². The average molecular weight is 475 g/mol. The fraction of sp³-hybridized carbons (Fsp3) is 0.474. The molecule has 0 aliphatic carbocycles. The number of carbonyl (C=O) groups is 1. The number of sulfonamides is 1. The molecule has 9 nitrogen and oxygen atoms in total. The highest BCUT2D eigenvalue weighted by molar-refractivity contribution is 7.89. The zero-order valence-electron chi connectivity index (χ0n) is 17.6. The van der Waals surface area contributed by atoms with Gasteiger partial charge >= 0.3 is 6.36 Å². The van der Waals surface area contributed by atoms with Gasteiger partial charge in [0, 0.05) is 58.6 Å². The van der Waals surface area contributed by atoms with Gasteiger partial charge in [-0.1, -0.05) is 0 Å². The second-order valence-electron chi connectivity index (χ2n) is 7.47. The number of alkyl halides is 3. The number of likely N-dealkylation sites (N-methyl/N-ethyl adjacent to an activating group) is 1. The van der Waals surface area contributed by atoms with Gasteiger partial charge in [-0.3, -0.25) is 14.4 Å². The maximum Gasteiger partial charge on any atom is 0.573 e. The van der Waals surface area contributed by atoms with Gasteiger partial charge in [-0.05, 0) is 24.3 Å². The second-order valence-corrected chi connectivity index (χ2v) is 9.41. The van der Waals surface area contributed by atoms with Crippen molar-refractivity contribution in [3.63, 3.8) is 0 Å². The minimum atomic E-state index is -4.85. The molecule has 0 radical (unpaired) electrons. The van der Waals surface area contributed by atoms with Gasteiger partial charge in [-0.15, -0.1) is 13.2 Å². The van der Waals surface area contributed by atoms with E-state index in [1.807, 2.05) is 11.1 Å². The Kier molecular flexibility index (Phi) is 7.10. The van der Waals surface area contributed by atoms with E-state index in [2.05, 4.69) is 9.84 Å². The lowest BCUT2D eigenvalue weighted by Crippen LogP contribution is -2.51. The maximum atomic E-state index is 12.8. The van der Waals surface area contributed by atoms with Gasteiger partial charge in [0.1, 0.15) is 5.75 Å². The van der Waals surface area contributed by atoms with E-state index in [1.165, 1.54) is 4.31 Å². The predicted molar refractivity (Wildman–Crippen MR) is 108 cm³/mol. The van der Waals surface area contributed by atoms with Crippen LogP contribution in [0.25, 0.3) is 0 Å². The van der Waals surface area contributed by atoms with E-state index >= 15 is 0 Å². The second kappa shape index (κ2) is 9.46. The number of amides is 1. The topological polar surface area (TPSA) is 88.0 Å². The summed E-state index contributed by atoms with van der Waals surface area (Å²) in [5, 5.41) is 4.07. The molecule has 1 aliphatic heterocycles. The molecule has 0 bridgehead atoms. The molecule has 1 aromatic heterocycles. The first-order valence-electron chi connectivity index (χ1n) is 9.74. The molecule has 3 rings (SSSR count). The molecule has 2 aromatic rings. The number of benzene rings is 1. The van der Waals surface area contributed by atoms with Crippen LogP contribution in [-0.2, 0) is 28.4 Å². The molecule has 2 heterocycles. The summed E-state index contributed by atoms with van der Waals surface area (Å²) >= 11 is 0. The first-order valence-corrected chi connectivity index (χ1v) is 11.2. The minimum Gasteiger partial charge on any atom is -0.406 e. The van der Waals surface area contributed by atoms with Crippen molar-refractivity contribution < 1.29 is 31.1 Å². The first-order chi connectivity index (χ1) is 14.9. The fourth-order valence-electron chi connectivity index (χ4n) is 3.32. The Morgan fingerprint density at radius 2 is 1.78 bits per heavy atom. The highest BCUT2D eigenvalue weighted by Crippen LogP contribution is 2.25. The molecule has 1 aromatic carbocycles. The maximum absolute atomic E-state index is 12.8. The van der Waals surface area contributed by atoms with Crippen LogP contribution in [0, 0.1) is 0 Å². The third-order valence-electron chi connectivity index (χ3n) is 4.99. The molecule has 0 N–H and O–H groups in total. The molecule has 1 fully saturated rings. The van der Waals surface area contributed by atoms with Gasteiger partial charge in [-0.25, -0.2) is 8.42 Å². The van der Waals surface area contributed by atoms with Crippen LogP contribution in [0.5, 0.6) is 5.75 Å². The van der Waals surface area contributed by atoms with E-state index in [0.29, 0.717) is 19.6 Å². The third kappa shape index (κ3) is 6.20. The number of halogens is 3. The molecule has 0 atom stereocenters. The van der Waals surface area contributed by atoms with Crippen molar-refractivity contribution in [1.82, 2.24) is 23.9 Å². The van der Waals surface area contributed by atoms with Crippen molar-refractivity contribution in [2.24, 2.45) is 7.05 Å². The number of ether oxygens (including phenoxy) is 1. The lowest BCUT2D eigenvalue weighted by atomic mass is 10.3. The molecule has 0 unspecified atom stereocenters. The Morgan fingerprint density at radius 3 is 2.31 bits per heavy atom. The van der Waals surface area contributed by atoms with E-state index in [-0.39, 0.29) is 30.4 Å². The lowest BCUT2D eigenvalue weighted by Gasteiger charge is -2.34. The highest BCUT2D eigenvalue weighted by atomic mass is 32.2. The minimum absolute atomic E-state index is 0.0922. The molecule has 13 heteroatoms.